The normalized spacial score (nSPS) is 40.5. The van der Waals surface area contributed by atoms with Gasteiger partial charge >= 0.3 is 5.97 Å². The first-order valence-corrected chi connectivity index (χ1v) is 15.9. The van der Waals surface area contributed by atoms with Crippen LogP contribution in [-0.2, 0) is 9.53 Å². The third-order valence-electron chi connectivity index (χ3n) is 11.4. The van der Waals surface area contributed by atoms with Crippen LogP contribution in [0.1, 0.15) is 119 Å². The number of carbonyl (C=O) groups is 1. The van der Waals surface area contributed by atoms with E-state index in [-0.39, 0.29) is 22.8 Å². The molecule has 3 saturated carbocycles. The number of halogens is 1. The Labute approximate surface area is 224 Å². The Morgan fingerprint density at radius 1 is 1.03 bits per heavy atom. The fourth-order valence-electron chi connectivity index (χ4n) is 9.25. The third kappa shape index (κ3) is 5.33. The summed E-state index contributed by atoms with van der Waals surface area (Å²) in [4.78, 5) is 12.4. The highest BCUT2D eigenvalue weighted by Crippen LogP contribution is 2.67. The topological polar surface area (TPSA) is 26.3 Å². The average molecular weight is 550 g/mol. The molecule has 35 heavy (non-hydrogen) atoms. The van der Waals surface area contributed by atoms with Gasteiger partial charge in [0.2, 0.25) is 0 Å². The quantitative estimate of drug-likeness (QED) is 0.171. The molecule has 0 radical (unpaired) electrons. The minimum atomic E-state index is -0.195. The van der Waals surface area contributed by atoms with Crippen molar-refractivity contribution in [2.45, 2.75) is 130 Å². The van der Waals surface area contributed by atoms with E-state index >= 15 is 0 Å². The monoisotopic (exact) mass is 548 g/mol. The lowest BCUT2D eigenvalue weighted by Gasteiger charge is -2.58. The van der Waals surface area contributed by atoms with E-state index in [0.717, 1.165) is 48.3 Å². The highest BCUT2D eigenvalue weighted by atomic mass is 79.9. The van der Waals surface area contributed by atoms with Gasteiger partial charge in [0.25, 0.3) is 0 Å². The Morgan fingerprint density at radius 3 is 2.46 bits per heavy atom. The summed E-state index contributed by atoms with van der Waals surface area (Å²) in [7, 11) is 0. The van der Waals surface area contributed by atoms with Gasteiger partial charge in [-0.05, 0) is 97.2 Å². The molecular formula is C32H53BrO2. The van der Waals surface area contributed by atoms with Gasteiger partial charge in [-0.3, -0.25) is 4.79 Å². The molecule has 4 aliphatic carbocycles. The molecule has 3 heteroatoms. The van der Waals surface area contributed by atoms with Crippen LogP contribution in [0, 0.1) is 52.3 Å². The molecule has 0 unspecified atom stereocenters. The van der Waals surface area contributed by atoms with Gasteiger partial charge in [-0.25, -0.2) is 0 Å². The summed E-state index contributed by atoms with van der Waals surface area (Å²) in [5, 5.41) is 0. The summed E-state index contributed by atoms with van der Waals surface area (Å²) in [6.45, 7) is 16.7. The number of alkyl halides is 1. The molecule has 0 heterocycles. The summed E-state index contributed by atoms with van der Waals surface area (Å²) < 4.78 is 5.99. The molecule has 2 nitrogen and oxygen atoms in total. The van der Waals surface area contributed by atoms with Gasteiger partial charge in [0, 0.05) is 6.42 Å². The van der Waals surface area contributed by atoms with E-state index in [1.165, 1.54) is 57.8 Å². The van der Waals surface area contributed by atoms with E-state index in [1.54, 1.807) is 5.57 Å². The van der Waals surface area contributed by atoms with Crippen LogP contribution in [-0.4, -0.2) is 16.9 Å². The van der Waals surface area contributed by atoms with Crippen LogP contribution in [0.25, 0.3) is 0 Å². The molecule has 0 amide bonds. The number of hydrogen-bond donors (Lipinski definition) is 0. The Morgan fingerprint density at radius 2 is 1.77 bits per heavy atom. The predicted molar refractivity (Wildman–Crippen MR) is 150 cm³/mol. The number of hydrogen-bond acceptors (Lipinski definition) is 2. The molecule has 0 spiro atoms. The van der Waals surface area contributed by atoms with Crippen LogP contribution in [0.3, 0.4) is 0 Å². The van der Waals surface area contributed by atoms with Crippen molar-refractivity contribution >= 4 is 21.9 Å². The molecule has 4 rings (SSSR count). The van der Waals surface area contributed by atoms with E-state index in [1.807, 2.05) is 0 Å². The highest BCUT2D eigenvalue weighted by Gasteiger charge is 2.59. The second-order valence-electron chi connectivity index (χ2n) is 14.2. The molecule has 0 aromatic rings. The molecule has 0 saturated heterocycles. The number of rotatable bonds is 8. The Hall–Kier alpha value is -0.310. The second-order valence-corrected chi connectivity index (χ2v) is 15.2. The van der Waals surface area contributed by atoms with Gasteiger partial charge in [-0.15, -0.1) is 0 Å². The Kier molecular flexibility index (Phi) is 8.57. The number of carbonyl (C=O) groups excluding carboxylic acids is 1. The van der Waals surface area contributed by atoms with Crippen molar-refractivity contribution < 1.29 is 9.53 Å². The minimum Gasteiger partial charge on any atom is -0.461 e. The lowest BCUT2D eigenvalue weighted by molar-refractivity contribution is -0.151. The van der Waals surface area contributed by atoms with Crippen LogP contribution < -0.4 is 0 Å². The molecule has 0 bridgehead atoms. The number of fused-ring (bicyclic) bond motifs is 5. The molecule has 9 atom stereocenters. The smallest absolute Gasteiger partial charge is 0.320 e. The fourth-order valence-corrected chi connectivity index (χ4v) is 9.36. The van der Waals surface area contributed by atoms with E-state index in [4.69, 9.17) is 4.74 Å². The van der Waals surface area contributed by atoms with Crippen LogP contribution in [0.15, 0.2) is 11.6 Å². The van der Waals surface area contributed by atoms with E-state index < -0.39 is 0 Å². The van der Waals surface area contributed by atoms with E-state index in [0.29, 0.717) is 10.8 Å². The standard InChI is InChI=1S/C32H53BrO2/c1-20(2)9-8-10-22(5)26-13-14-27-25-12-11-23-19-24(35-30(34)29(33)21(3)4)15-17-31(23,6)28(25)16-18-32(26,27)7/h11,20-22,24-29H,8-10,12-19H2,1-7H3/t22-,24+,25-,26-,27+,28+,29-,31+,32-/m1/s1. The van der Waals surface area contributed by atoms with Crippen molar-refractivity contribution in [1.29, 1.82) is 0 Å². The zero-order chi connectivity index (χ0) is 25.5. The number of ether oxygens (including phenoxy) is 1. The molecule has 0 N–H and O–H groups in total. The third-order valence-corrected chi connectivity index (χ3v) is 12.8. The van der Waals surface area contributed by atoms with Crippen LogP contribution in [0.4, 0.5) is 0 Å². The van der Waals surface area contributed by atoms with Crippen molar-refractivity contribution in [3.05, 3.63) is 11.6 Å². The van der Waals surface area contributed by atoms with Gasteiger partial charge in [-0.1, -0.05) is 95.3 Å². The minimum absolute atomic E-state index is 0.0635. The van der Waals surface area contributed by atoms with E-state index in [2.05, 4.69) is 70.5 Å². The largest absolute Gasteiger partial charge is 0.461 e. The first-order valence-electron chi connectivity index (χ1n) is 15.0. The molecule has 4 aliphatic rings. The van der Waals surface area contributed by atoms with Gasteiger partial charge < -0.3 is 4.74 Å². The van der Waals surface area contributed by atoms with Crippen LogP contribution in [0.5, 0.6) is 0 Å². The lowest BCUT2D eigenvalue weighted by Crippen LogP contribution is -2.51. The Balaban J connectivity index is 1.43. The van der Waals surface area contributed by atoms with Crippen LogP contribution >= 0.6 is 15.9 Å². The number of allylic oxidation sites excluding steroid dienone is 1. The Bertz CT molecular complexity index is 786. The molecule has 3 fully saturated rings. The predicted octanol–water partition coefficient (Wildman–Crippen LogP) is 9.36. The summed E-state index contributed by atoms with van der Waals surface area (Å²) in [5.74, 6) is 5.42. The molecule has 0 aromatic carbocycles. The molecule has 0 aromatic heterocycles. The lowest BCUT2D eigenvalue weighted by atomic mass is 9.47. The van der Waals surface area contributed by atoms with Gasteiger partial charge in [0.1, 0.15) is 10.9 Å². The van der Waals surface area contributed by atoms with Crippen molar-refractivity contribution in [2.24, 2.45) is 52.3 Å². The van der Waals surface area contributed by atoms with Crippen molar-refractivity contribution in [3.8, 4) is 0 Å². The highest BCUT2D eigenvalue weighted by molar-refractivity contribution is 9.10. The summed E-state index contributed by atoms with van der Waals surface area (Å²) >= 11 is 3.54. The first kappa shape index (κ1) is 27.7. The first-order chi connectivity index (χ1) is 16.5. The summed E-state index contributed by atoms with van der Waals surface area (Å²) in [6, 6.07) is 0. The van der Waals surface area contributed by atoms with E-state index in [9.17, 15) is 4.79 Å². The summed E-state index contributed by atoms with van der Waals surface area (Å²) in [5.41, 5.74) is 2.48. The second kappa shape index (κ2) is 10.8. The molecule has 200 valence electrons. The maximum Gasteiger partial charge on any atom is 0.320 e. The SMILES string of the molecule is CC(C)CCC[C@@H](C)[C@H]1CC[C@H]2[C@H]3CC=C4C[C@@H](OC(=O)[C@H](Br)C(C)C)CC[C@]4(C)[C@H]3CC[C@]12C. The maximum atomic E-state index is 12.6. The van der Waals surface area contributed by atoms with Crippen LogP contribution in [0.2, 0.25) is 0 Å². The number of esters is 1. The zero-order valence-corrected chi connectivity index (χ0v) is 25.3. The van der Waals surface area contributed by atoms with Crippen molar-refractivity contribution in [2.75, 3.05) is 0 Å². The zero-order valence-electron chi connectivity index (χ0n) is 23.7. The fraction of sp³-hybridized carbons (Fsp3) is 0.906. The molecule has 0 aliphatic heterocycles. The maximum absolute atomic E-state index is 12.6. The van der Waals surface area contributed by atoms with Gasteiger partial charge in [-0.2, -0.15) is 0 Å². The van der Waals surface area contributed by atoms with Crippen molar-refractivity contribution in [1.82, 2.24) is 0 Å². The van der Waals surface area contributed by atoms with Gasteiger partial charge in [0.15, 0.2) is 0 Å². The summed E-state index contributed by atoms with van der Waals surface area (Å²) in [6.07, 6.45) is 17.1. The van der Waals surface area contributed by atoms with Gasteiger partial charge in [0.05, 0.1) is 0 Å². The van der Waals surface area contributed by atoms with Crippen molar-refractivity contribution in [3.63, 3.8) is 0 Å². The average Bonchev–Trinajstić information content (AvgIpc) is 3.15. The molecular weight excluding hydrogens is 496 g/mol.